The van der Waals surface area contributed by atoms with E-state index in [-0.39, 0.29) is 12.4 Å². The molecule has 116 valence electrons. The average molecular weight is 309 g/mol. The smallest absolute Gasteiger partial charge is 0.347 e. The number of carbonyl (C=O) groups excluding carboxylic acids is 2. The van der Waals surface area contributed by atoms with Crippen LogP contribution in [-0.2, 0) is 9.53 Å². The first-order valence-corrected chi connectivity index (χ1v) is 7.02. The Morgan fingerprint density at radius 3 is 2.35 bits per heavy atom. The maximum absolute atomic E-state index is 11.9. The number of ether oxygens (including phenoxy) is 2. The van der Waals surface area contributed by atoms with Gasteiger partial charge in [-0.25, -0.2) is 4.79 Å². The van der Waals surface area contributed by atoms with E-state index >= 15 is 0 Å². The van der Waals surface area contributed by atoms with Crippen LogP contribution in [0.1, 0.15) is 22.8 Å². The van der Waals surface area contributed by atoms with E-state index in [1.165, 1.54) is 6.92 Å². The normalized spacial score (nSPS) is 11.1. The number of Topliss-reactive ketones (excluding diaryl/α,β-unsaturated/α-hetero) is 1. The lowest BCUT2D eigenvalue weighted by Crippen LogP contribution is -2.28. The van der Waals surface area contributed by atoms with Gasteiger partial charge in [0, 0.05) is 5.56 Å². The minimum absolute atomic E-state index is 0.274. The van der Waals surface area contributed by atoms with E-state index < -0.39 is 12.1 Å². The topological polar surface area (TPSA) is 76.4 Å². The Morgan fingerprint density at radius 2 is 1.74 bits per heavy atom. The summed E-state index contributed by atoms with van der Waals surface area (Å²) in [5.41, 5.74) is 0.988. The van der Waals surface area contributed by atoms with Gasteiger partial charge in [0.15, 0.2) is 18.5 Å². The molecule has 0 spiro atoms. The Kier molecular flexibility index (Phi) is 5.48. The molecule has 2 aromatic carbocycles. The summed E-state index contributed by atoms with van der Waals surface area (Å²) >= 11 is 0. The van der Waals surface area contributed by atoms with E-state index in [0.29, 0.717) is 16.9 Å². The van der Waals surface area contributed by atoms with Crippen molar-refractivity contribution >= 4 is 11.8 Å². The van der Waals surface area contributed by atoms with Crippen molar-refractivity contribution in [3.05, 3.63) is 65.7 Å². The molecule has 5 nitrogen and oxygen atoms in total. The Labute approximate surface area is 134 Å². The first-order valence-electron chi connectivity index (χ1n) is 7.02. The lowest BCUT2D eigenvalue weighted by atomic mass is 10.1. The van der Waals surface area contributed by atoms with Gasteiger partial charge in [0.1, 0.15) is 5.75 Å². The van der Waals surface area contributed by atoms with Crippen LogP contribution in [0.4, 0.5) is 0 Å². The molecule has 0 aliphatic rings. The van der Waals surface area contributed by atoms with Crippen LogP contribution in [0.15, 0.2) is 54.6 Å². The highest BCUT2D eigenvalue weighted by molar-refractivity contribution is 5.98. The van der Waals surface area contributed by atoms with Gasteiger partial charge in [0.05, 0.1) is 11.6 Å². The molecule has 0 amide bonds. The molecule has 0 unspecified atom stereocenters. The second-order valence-electron chi connectivity index (χ2n) is 4.79. The van der Waals surface area contributed by atoms with Crippen LogP contribution in [0.3, 0.4) is 0 Å². The minimum atomic E-state index is -0.855. The summed E-state index contributed by atoms with van der Waals surface area (Å²) in [6, 6.07) is 17.0. The van der Waals surface area contributed by atoms with E-state index in [4.69, 9.17) is 14.7 Å². The van der Waals surface area contributed by atoms with E-state index in [9.17, 15) is 9.59 Å². The molecule has 0 bridgehead atoms. The minimum Gasteiger partial charge on any atom is -0.479 e. The zero-order chi connectivity index (χ0) is 16.7. The maximum Gasteiger partial charge on any atom is 0.347 e. The molecule has 0 heterocycles. The molecule has 0 aliphatic carbocycles. The van der Waals surface area contributed by atoms with Crippen molar-refractivity contribution in [3.8, 4) is 11.8 Å². The first kappa shape index (κ1) is 16.2. The Balaban J connectivity index is 1.85. The van der Waals surface area contributed by atoms with Crippen LogP contribution in [-0.4, -0.2) is 24.5 Å². The van der Waals surface area contributed by atoms with Crippen LogP contribution in [0.25, 0.3) is 0 Å². The van der Waals surface area contributed by atoms with Gasteiger partial charge in [-0.1, -0.05) is 30.3 Å². The van der Waals surface area contributed by atoms with Crippen LogP contribution in [0.2, 0.25) is 0 Å². The summed E-state index contributed by atoms with van der Waals surface area (Å²) in [7, 11) is 0. The molecule has 0 radical (unpaired) electrons. The molecule has 23 heavy (non-hydrogen) atoms. The van der Waals surface area contributed by atoms with Gasteiger partial charge in [-0.15, -0.1) is 0 Å². The van der Waals surface area contributed by atoms with Gasteiger partial charge in [-0.05, 0) is 31.2 Å². The van der Waals surface area contributed by atoms with Crippen LogP contribution >= 0.6 is 0 Å². The number of benzene rings is 2. The van der Waals surface area contributed by atoms with Gasteiger partial charge in [0.25, 0.3) is 0 Å². The van der Waals surface area contributed by atoms with E-state index in [2.05, 4.69) is 0 Å². The van der Waals surface area contributed by atoms with Crippen molar-refractivity contribution in [2.45, 2.75) is 13.0 Å². The summed E-state index contributed by atoms with van der Waals surface area (Å²) in [4.78, 5) is 23.7. The van der Waals surface area contributed by atoms with E-state index in [1.54, 1.807) is 54.6 Å². The van der Waals surface area contributed by atoms with Crippen molar-refractivity contribution in [1.29, 1.82) is 5.26 Å². The molecule has 0 fully saturated rings. The van der Waals surface area contributed by atoms with Gasteiger partial charge >= 0.3 is 5.97 Å². The quantitative estimate of drug-likeness (QED) is 0.606. The average Bonchev–Trinajstić information content (AvgIpc) is 2.60. The number of esters is 1. The highest BCUT2D eigenvalue weighted by Crippen LogP contribution is 2.14. The number of nitrogens with zero attached hydrogens (tertiary/aromatic N) is 1. The first-order chi connectivity index (χ1) is 11.1. The van der Waals surface area contributed by atoms with Gasteiger partial charge in [-0.2, -0.15) is 5.26 Å². The number of hydrogen-bond acceptors (Lipinski definition) is 5. The predicted molar refractivity (Wildman–Crippen MR) is 83.0 cm³/mol. The highest BCUT2D eigenvalue weighted by Gasteiger charge is 2.18. The number of carbonyl (C=O) groups is 2. The molecule has 0 aliphatic heterocycles. The lowest BCUT2D eigenvalue weighted by molar-refractivity contribution is -0.149. The molecule has 2 rings (SSSR count). The Bertz CT molecular complexity index is 717. The summed E-state index contributed by atoms with van der Waals surface area (Å²) in [5, 5.41) is 8.72. The Morgan fingerprint density at radius 1 is 1.09 bits per heavy atom. The molecule has 0 aromatic heterocycles. The molecule has 1 atom stereocenters. The van der Waals surface area contributed by atoms with Crippen molar-refractivity contribution in [3.63, 3.8) is 0 Å². The van der Waals surface area contributed by atoms with E-state index in [0.717, 1.165) is 0 Å². The zero-order valence-corrected chi connectivity index (χ0v) is 12.6. The third-order valence-corrected chi connectivity index (χ3v) is 3.07. The summed E-state index contributed by atoms with van der Waals surface area (Å²) in [5.74, 6) is -0.453. The monoisotopic (exact) mass is 309 g/mol. The maximum atomic E-state index is 11.9. The van der Waals surface area contributed by atoms with Crippen molar-refractivity contribution < 1.29 is 19.1 Å². The van der Waals surface area contributed by atoms with Crippen LogP contribution in [0.5, 0.6) is 5.75 Å². The predicted octanol–water partition coefficient (Wildman–Crippen LogP) is 2.75. The van der Waals surface area contributed by atoms with E-state index in [1.807, 2.05) is 6.07 Å². The number of ketones is 1. The second-order valence-corrected chi connectivity index (χ2v) is 4.79. The van der Waals surface area contributed by atoms with Gasteiger partial charge in [-0.3, -0.25) is 4.79 Å². The third kappa shape index (κ3) is 4.68. The van der Waals surface area contributed by atoms with Crippen LogP contribution in [0, 0.1) is 11.3 Å². The highest BCUT2D eigenvalue weighted by atomic mass is 16.6. The van der Waals surface area contributed by atoms with Crippen LogP contribution < -0.4 is 4.74 Å². The fraction of sp³-hybridized carbons (Fsp3) is 0.167. The molecular formula is C18H15NO4. The Hall–Kier alpha value is -3.13. The van der Waals surface area contributed by atoms with Gasteiger partial charge in [0.2, 0.25) is 0 Å². The van der Waals surface area contributed by atoms with Crippen molar-refractivity contribution in [2.24, 2.45) is 0 Å². The number of nitriles is 1. The molecule has 0 saturated heterocycles. The molecular weight excluding hydrogens is 294 g/mol. The fourth-order valence-electron chi connectivity index (χ4n) is 1.82. The summed E-state index contributed by atoms with van der Waals surface area (Å²) in [6.45, 7) is 1.21. The zero-order valence-electron chi connectivity index (χ0n) is 12.6. The molecule has 0 N–H and O–H groups in total. The molecule has 5 heteroatoms. The third-order valence-electron chi connectivity index (χ3n) is 3.07. The van der Waals surface area contributed by atoms with Crippen molar-refractivity contribution in [2.75, 3.05) is 6.61 Å². The molecule has 0 saturated carbocycles. The summed E-state index contributed by atoms with van der Waals surface area (Å²) in [6.07, 6.45) is -0.855. The van der Waals surface area contributed by atoms with Crippen molar-refractivity contribution in [1.82, 2.24) is 0 Å². The largest absolute Gasteiger partial charge is 0.479 e. The van der Waals surface area contributed by atoms with Gasteiger partial charge < -0.3 is 9.47 Å². The molecule has 2 aromatic rings. The fourth-order valence-corrected chi connectivity index (χ4v) is 1.82. The SMILES string of the molecule is C[C@@H](Oc1ccc(C#N)cc1)C(=O)OCC(=O)c1ccccc1. The standard InChI is InChI=1S/C18H15NO4/c1-13(23-16-9-7-14(11-19)8-10-16)18(21)22-12-17(20)15-5-3-2-4-6-15/h2-10,13H,12H2,1H3/t13-/m1/s1. The second kappa shape index (κ2) is 7.76. The number of rotatable bonds is 6. The number of hydrogen-bond donors (Lipinski definition) is 0. The summed E-state index contributed by atoms with van der Waals surface area (Å²) < 4.78 is 10.4. The lowest BCUT2D eigenvalue weighted by Gasteiger charge is -2.13.